The maximum absolute atomic E-state index is 13.1. The third kappa shape index (κ3) is 5.60. The van der Waals surface area contributed by atoms with Crippen LogP contribution < -0.4 is 9.64 Å². The van der Waals surface area contributed by atoms with Crippen LogP contribution in [0.4, 0.5) is 10.1 Å². The first-order valence-electron chi connectivity index (χ1n) is 8.83. The SMILES string of the molecule is O=C(COc1cccc(F)c1)OCC(=O)N1CCN(c2cccc(Cl)c2)CC1. The average molecular weight is 407 g/mol. The molecule has 1 amide bonds. The van der Waals surface area contributed by atoms with E-state index in [2.05, 4.69) is 4.90 Å². The van der Waals surface area contributed by atoms with Crippen LogP contribution in [0, 0.1) is 5.82 Å². The number of piperazine rings is 1. The second kappa shape index (κ2) is 9.41. The van der Waals surface area contributed by atoms with Gasteiger partial charge in [0.1, 0.15) is 11.6 Å². The summed E-state index contributed by atoms with van der Waals surface area (Å²) in [6, 6.07) is 13.0. The van der Waals surface area contributed by atoms with Crippen molar-refractivity contribution in [2.24, 2.45) is 0 Å². The van der Waals surface area contributed by atoms with E-state index in [1.54, 1.807) is 4.90 Å². The van der Waals surface area contributed by atoms with Crippen molar-refractivity contribution in [3.8, 4) is 5.75 Å². The van der Waals surface area contributed by atoms with E-state index >= 15 is 0 Å². The maximum Gasteiger partial charge on any atom is 0.344 e. The molecule has 0 radical (unpaired) electrons. The van der Waals surface area contributed by atoms with Crippen molar-refractivity contribution in [3.63, 3.8) is 0 Å². The fourth-order valence-electron chi connectivity index (χ4n) is 2.86. The Hall–Kier alpha value is -2.80. The Morgan fingerprint density at radius 1 is 1.00 bits per heavy atom. The summed E-state index contributed by atoms with van der Waals surface area (Å²) in [5.74, 6) is -1.18. The summed E-state index contributed by atoms with van der Waals surface area (Å²) in [6.45, 7) is 1.67. The van der Waals surface area contributed by atoms with E-state index in [1.807, 2.05) is 24.3 Å². The maximum atomic E-state index is 13.1. The summed E-state index contributed by atoms with van der Waals surface area (Å²) in [6.07, 6.45) is 0. The number of rotatable bonds is 6. The summed E-state index contributed by atoms with van der Waals surface area (Å²) in [5, 5.41) is 0.670. The number of carbonyl (C=O) groups excluding carboxylic acids is 2. The number of amides is 1. The second-order valence-corrected chi connectivity index (χ2v) is 6.69. The number of carbonyl (C=O) groups is 2. The number of hydrogen-bond acceptors (Lipinski definition) is 5. The lowest BCUT2D eigenvalue weighted by Crippen LogP contribution is -2.50. The van der Waals surface area contributed by atoms with E-state index in [0.717, 1.165) is 11.8 Å². The van der Waals surface area contributed by atoms with Crippen molar-refractivity contribution in [1.82, 2.24) is 4.90 Å². The number of anilines is 1. The van der Waals surface area contributed by atoms with Crippen LogP contribution in [-0.4, -0.2) is 56.2 Å². The van der Waals surface area contributed by atoms with E-state index in [-0.39, 0.29) is 24.9 Å². The second-order valence-electron chi connectivity index (χ2n) is 6.25. The van der Waals surface area contributed by atoms with E-state index in [1.165, 1.54) is 18.2 Å². The molecule has 0 saturated carbocycles. The summed E-state index contributed by atoms with van der Waals surface area (Å²) in [7, 11) is 0. The number of esters is 1. The first kappa shape index (κ1) is 19.9. The molecule has 1 saturated heterocycles. The van der Waals surface area contributed by atoms with Gasteiger partial charge in [0.2, 0.25) is 0 Å². The molecule has 6 nitrogen and oxygen atoms in total. The normalized spacial score (nSPS) is 13.9. The molecule has 8 heteroatoms. The molecule has 0 bridgehead atoms. The topological polar surface area (TPSA) is 59.1 Å². The van der Waals surface area contributed by atoms with Crippen LogP contribution >= 0.6 is 11.6 Å². The zero-order valence-corrected chi connectivity index (χ0v) is 15.9. The Bertz CT molecular complexity index is 840. The number of halogens is 2. The molecule has 0 aliphatic carbocycles. The zero-order valence-electron chi connectivity index (χ0n) is 15.1. The fourth-order valence-corrected chi connectivity index (χ4v) is 3.05. The van der Waals surface area contributed by atoms with Crippen LogP contribution in [0.1, 0.15) is 0 Å². The smallest absolute Gasteiger partial charge is 0.344 e. The van der Waals surface area contributed by atoms with Gasteiger partial charge in [-0.25, -0.2) is 9.18 Å². The number of ether oxygens (including phenoxy) is 2. The van der Waals surface area contributed by atoms with Gasteiger partial charge in [0, 0.05) is 43.0 Å². The van der Waals surface area contributed by atoms with Gasteiger partial charge in [0.05, 0.1) is 0 Å². The lowest BCUT2D eigenvalue weighted by Gasteiger charge is -2.36. The van der Waals surface area contributed by atoms with Gasteiger partial charge < -0.3 is 19.3 Å². The molecular formula is C20H20ClFN2O4. The van der Waals surface area contributed by atoms with Gasteiger partial charge in [0.15, 0.2) is 13.2 Å². The molecule has 28 heavy (non-hydrogen) atoms. The first-order chi connectivity index (χ1) is 13.5. The monoisotopic (exact) mass is 406 g/mol. The Kier molecular flexibility index (Phi) is 6.71. The van der Waals surface area contributed by atoms with Crippen molar-refractivity contribution >= 4 is 29.2 Å². The average Bonchev–Trinajstić information content (AvgIpc) is 2.70. The van der Waals surface area contributed by atoms with Gasteiger partial charge >= 0.3 is 5.97 Å². The lowest BCUT2D eigenvalue weighted by molar-refractivity contribution is -0.153. The van der Waals surface area contributed by atoms with Gasteiger partial charge in [-0.3, -0.25) is 4.79 Å². The predicted molar refractivity (Wildman–Crippen MR) is 103 cm³/mol. The van der Waals surface area contributed by atoms with Gasteiger partial charge in [-0.2, -0.15) is 0 Å². The van der Waals surface area contributed by atoms with Crippen molar-refractivity contribution in [2.75, 3.05) is 44.3 Å². The Labute approximate surface area is 167 Å². The Morgan fingerprint density at radius 3 is 2.46 bits per heavy atom. The summed E-state index contributed by atoms with van der Waals surface area (Å²) >= 11 is 6.02. The molecule has 0 N–H and O–H groups in total. The highest BCUT2D eigenvalue weighted by Crippen LogP contribution is 2.20. The minimum Gasteiger partial charge on any atom is -0.482 e. The van der Waals surface area contributed by atoms with Crippen LogP contribution in [0.5, 0.6) is 5.75 Å². The molecule has 0 aromatic heterocycles. The minimum absolute atomic E-state index is 0.223. The quantitative estimate of drug-likeness (QED) is 0.690. The van der Waals surface area contributed by atoms with Crippen LogP contribution in [0.15, 0.2) is 48.5 Å². The van der Waals surface area contributed by atoms with E-state index in [4.69, 9.17) is 21.1 Å². The zero-order chi connectivity index (χ0) is 19.9. The first-order valence-corrected chi connectivity index (χ1v) is 9.21. The van der Waals surface area contributed by atoms with Crippen LogP contribution in [0.25, 0.3) is 0 Å². The van der Waals surface area contributed by atoms with Gasteiger partial charge in [-0.15, -0.1) is 0 Å². The Balaban J connectivity index is 1.39. The summed E-state index contributed by atoms with van der Waals surface area (Å²) in [4.78, 5) is 27.8. The highest BCUT2D eigenvalue weighted by molar-refractivity contribution is 6.30. The molecule has 1 aliphatic rings. The van der Waals surface area contributed by atoms with E-state index < -0.39 is 11.8 Å². The molecule has 0 spiro atoms. The molecule has 0 unspecified atom stereocenters. The molecule has 2 aromatic rings. The molecular weight excluding hydrogens is 387 g/mol. The number of benzene rings is 2. The molecule has 1 fully saturated rings. The molecule has 1 heterocycles. The molecule has 2 aromatic carbocycles. The highest BCUT2D eigenvalue weighted by atomic mass is 35.5. The third-order valence-corrected chi connectivity index (χ3v) is 4.55. The number of hydrogen-bond donors (Lipinski definition) is 0. The predicted octanol–water partition coefficient (Wildman–Crippen LogP) is 2.75. The van der Waals surface area contributed by atoms with Gasteiger partial charge in [0.25, 0.3) is 5.91 Å². The third-order valence-electron chi connectivity index (χ3n) is 4.32. The van der Waals surface area contributed by atoms with Crippen molar-refractivity contribution < 1.29 is 23.5 Å². The molecule has 0 atom stereocenters. The number of nitrogens with zero attached hydrogens (tertiary/aromatic N) is 2. The van der Waals surface area contributed by atoms with Gasteiger partial charge in [-0.05, 0) is 30.3 Å². The summed E-state index contributed by atoms with van der Waals surface area (Å²) < 4.78 is 23.1. The van der Waals surface area contributed by atoms with Gasteiger partial charge in [-0.1, -0.05) is 23.7 Å². The van der Waals surface area contributed by atoms with Crippen molar-refractivity contribution in [3.05, 3.63) is 59.4 Å². The Morgan fingerprint density at radius 2 is 1.75 bits per heavy atom. The minimum atomic E-state index is -0.685. The van der Waals surface area contributed by atoms with Crippen LogP contribution in [0.3, 0.4) is 0 Å². The van der Waals surface area contributed by atoms with Crippen molar-refractivity contribution in [2.45, 2.75) is 0 Å². The molecule has 1 aliphatic heterocycles. The standard InChI is InChI=1S/C20H20ClFN2O4/c21-15-3-1-5-17(11-15)23-7-9-24(10-8-23)19(25)13-28-20(26)14-27-18-6-2-4-16(22)12-18/h1-6,11-12H,7-10,13-14H2. The van der Waals surface area contributed by atoms with Crippen LogP contribution in [-0.2, 0) is 14.3 Å². The van der Waals surface area contributed by atoms with E-state index in [9.17, 15) is 14.0 Å². The summed E-state index contributed by atoms with van der Waals surface area (Å²) in [5.41, 5.74) is 1.01. The highest BCUT2D eigenvalue weighted by Gasteiger charge is 2.22. The van der Waals surface area contributed by atoms with E-state index in [0.29, 0.717) is 31.2 Å². The molecule has 3 rings (SSSR count). The lowest BCUT2D eigenvalue weighted by atomic mass is 10.2. The largest absolute Gasteiger partial charge is 0.482 e. The van der Waals surface area contributed by atoms with Crippen LogP contribution in [0.2, 0.25) is 5.02 Å². The van der Waals surface area contributed by atoms with Crippen molar-refractivity contribution in [1.29, 1.82) is 0 Å². The fraction of sp³-hybridized carbons (Fsp3) is 0.300. The molecule has 148 valence electrons.